The van der Waals surface area contributed by atoms with Crippen molar-refractivity contribution in [3.63, 3.8) is 0 Å². The molecular formula is C21H27BrN2O5S. The molecule has 0 aliphatic carbocycles. The van der Waals surface area contributed by atoms with Gasteiger partial charge in [-0.05, 0) is 73.5 Å². The van der Waals surface area contributed by atoms with Gasteiger partial charge in [-0.25, -0.2) is 13.1 Å². The summed E-state index contributed by atoms with van der Waals surface area (Å²) in [6.45, 7) is 7.79. The second-order valence-electron chi connectivity index (χ2n) is 7.68. The van der Waals surface area contributed by atoms with Crippen LogP contribution in [0.2, 0.25) is 0 Å². The molecule has 0 aliphatic rings. The van der Waals surface area contributed by atoms with E-state index in [9.17, 15) is 13.2 Å². The Balaban J connectivity index is 2.27. The van der Waals surface area contributed by atoms with Crippen LogP contribution in [0.5, 0.6) is 11.5 Å². The van der Waals surface area contributed by atoms with Crippen molar-refractivity contribution >= 4 is 37.5 Å². The Morgan fingerprint density at radius 1 is 1.17 bits per heavy atom. The Bertz CT molecular complexity index is 1020. The molecule has 0 aliphatic heterocycles. The van der Waals surface area contributed by atoms with E-state index in [1.165, 1.54) is 19.2 Å². The zero-order valence-corrected chi connectivity index (χ0v) is 20.1. The number of halogens is 1. The highest BCUT2D eigenvalue weighted by Gasteiger charge is 2.22. The van der Waals surface area contributed by atoms with E-state index in [2.05, 4.69) is 26.0 Å². The van der Waals surface area contributed by atoms with Crippen LogP contribution < -0.4 is 19.5 Å². The van der Waals surface area contributed by atoms with E-state index >= 15 is 0 Å². The summed E-state index contributed by atoms with van der Waals surface area (Å²) in [5.74, 6) is 0.542. The highest BCUT2D eigenvalue weighted by Crippen LogP contribution is 2.37. The number of carbonyl (C=O) groups is 1. The number of nitrogens with one attached hydrogen (secondary N) is 2. The largest absolute Gasteiger partial charge is 0.493 e. The molecule has 0 fully saturated rings. The molecule has 0 spiro atoms. The lowest BCUT2D eigenvalue weighted by Gasteiger charge is -2.20. The van der Waals surface area contributed by atoms with E-state index in [1.54, 1.807) is 45.0 Å². The summed E-state index contributed by atoms with van der Waals surface area (Å²) in [5, 5.41) is 2.73. The second kappa shape index (κ2) is 9.80. The first-order valence-electron chi connectivity index (χ1n) is 9.42. The van der Waals surface area contributed by atoms with Crippen LogP contribution >= 0.6 is 15.9 Å². The first-order chi connectivity index (χ1) is 14.0. The molecule has 30 heavy (non-hydrogen) atoms. The zero-order chi connectivity index (χ0) is 22.5. The first-order valence-corrected chi connectivity index (χ1v) is 11.7. The highest BCUT2D eigenvalue weighted by atomic mass is 79.9. The Morgan fingerprint density at radius 3 is 2.47 bits per heavy atom. The van der Waals surface area contributed by atoms with Gasteiger partial charge in [0.25, 0.3) is 5.91 Å². The molecule has 0 atom stereocenters. The SMILES string of the molecule is CCCOc1c(Br)cc(C(=O)Nc2cccc(S(=O)(=O)NC(C)(C)C)c2)cc1OC. The normalized spacial score (nSPS) is 11.8. The maximum absolute atomic E-state index is 12.8. The number of amides is 1. The molecule has 2 aromatic rings. The summed E-state index contributed by atoms with van der Waals surface area (Å²) in [6, 6.07) is 9.29. The van der Waals surface area contributed by atoms with Crippen molar-refractivity contribution < 1.29 is 22.7 Å². The number of methoxy groups -OCH3 is 1. The van der Waals surface area contributed by atoms with Gasteiger partial charge in [0.1, 0.15) is 0 Å². The number of benzene rings is 2. The van der Waals surface area contributed by atoms with Crippen molar-refractivity contribution in [1.29, 1.82) is 0 Å². The van der Waals surface area contributed by atoms with E-state index in [4.69, 9.17) is 9.47 Å². The molecule has 0 saturated heterocycles. The van der Waals surface area contributed by atoms with Crippen LogP contribution in [0.4, 0.5) is 5.69 Å². The molecule has 9 heteroatoms. The minimum atomic E-state index is -3.72. The highest BCUT2D eigenvalue weighted by molar-refractivity contribution is 9.10. The fourth-order valence-electron chi connectivity index (χ4n) is 2.60. The third-order valence-corrected chi connectivity index (χ3v) is 6.13. The molecule has 0 radical (unpaired) electrons. The molecule has 0 bridgehead atoms. The zero-order valence-electron chi connectivity index (χ0n) is 17.7. The van der Waals surface area contributed by atoms with Crippen LogP contribution in [0.3, 0.4) is 0 Å². The Labute approximate surface area is 186 Å². The predicted molar refractivity (Wildman–Crippen MR) is 121 cm³/mol. The number of anilines is 1. The molecule has 0 aromatic heterocycles. The molecule has 2 aromatic carbocycles. The van der Waals surface area contributed by atoms with Crippen LogP contribution in [-0.2, 0) is 10.0 Å². The van der Waals surface area contributed by atoms with Crippen LogP contribution in [-0.4, -0.2) is 33.6 Å². The molecule has 0 unspecified atom stereocenters. The molecule has 0 heterocycles. The summed E-state index contributed by atoms with van der Waals surface area (Å²) >= 11 is 3.42. The Kier molecular flexibility index (Phi) is 7.90. The van der Waals surface area contributed by atoms with Crippen molar-refractivity contribution in [3.05, 3.63) is 46.4 Å². The molecule has 7 nitrogen and oxygen atoms in total. The first kappa shape index (κ1) is 24.2. The quantitative estimate of drug-likeness (QED) is 0.555. The van der Waals surface area contributed by atoms with E-state index in [0.717, 1.165) is 6.42 Å². The van der Waals surface area contributed by atoms with Gasteiger partial charge in [0.15, 0.2) is 11.5 Å². The van der Waals surface area contributed by atoms with Gasteiger partial charge in [-0.3, -0.25) is 4.79 Å². The van der Waals surface area contributed by atoms with E-state index < -0.39 is 21.5 Å². The van der Waals surface area contributed by atoms with Gasteiger partial charge < -0.3 is 14.8 Å². The van der Waals surface area contributed by atoms with Crippen LogP contribution in [0.1, 0.15) is 44.5 Å². The third kappa shape index (κ3) is 6.45. The minimum absolute atomic E-state index is 0.0669. The smallest absolute Gasteiger partial charge is 0.255 e. The van der Waals surface area contributed by atoms with Crippen molar-refractivity contribution in [1.82, 2.24) is 4.72 Å². The van der Waals surface area contributed by atoms with Gasteiger partial charge in [-0.1, -0.05) is 13.0 Å². The standard InChI is InChI=1S/C21H27BrN2O5S/c1-6-10-29-19-17(22)11-14(12-18(19)28-5)20(25)23-15-8-7-9-16(13-15)30(26,27)24-21(2,3)4/h7-9,11-13,24H,6,10H2,1-5H3,(H,23,25). The van der Waals surface area contributed by atoms with Gasteiger partial charge in [-0.15, -0.1) is 0 Å². The number of ether oxygens (including phenoxy) is 2. The van der Waals surface area contributed by atoms with Crippen molar-refractivity contribution in [2.75, 3.05) is 19.0 Å². The number of hydrogen-bond donors (Lipinski definition) is 2. The Morgan fingerprint density at radius 2 is 1.87 bits per heavy atom. The van der Waals surface area contributed by atoms with E-state index in [-0.39, 0.29) is 4.90 Å². The van der Waals surface area contributed by atoms with Crippen molar-refractivity contribution in [2.45, 2.75) is 44.6 Å². The molecule has 164 valence electrons. The molecule has 0 saturated carbocycles. The predicted octanol–water partition coefficient (Wildman–Crippen LogP) is 4.58. The van der Waals surface area contributed by atoms with Crippen molar-refractivity contribution in [3.8, 4) is 11.5 Å². The summed E-state index contributed by atoms with van der Waals surface area (Å²) < 4.78 is 39.3. The number of rotatable bonds is 8. The number of sulfonamides is 1. The van der Waals surface area contributed by atoms with Crippen molar-refractivity contribution in [2.24, 2.45) is 0 Å². The monoisotopic (exact) mass is 498 g/mol. The van der Waals surface area contributed by atoms with E-state index in [0.29, 0.717) is 33.8 Å². The molecular weight excluding hydrogens is 472 g/mol. The maximum atomic E-state index is 12.8. The molecule has 2 rings (SSSR count). The van der Waals surface area contributed by atoms with Gasteiger partial charge in [0.2, 0.25) is 10.0 Å². The molecule has 2 N–H and O–H groups in total. The third-order valence-electron chi connectivity index (χ3n) is 3.78. The number of hydrogen-bond acceptors (Lipinski definition) is 5. The fraction of sp³-hybridized carbons (Fsp3) is 0.381. The van der Waals surface area contributed by atoms with Gasteiger partial charge in [0.05, 0.1) is 23.1 Å². The second-order valence-corrected chi connectivity index (χ2v) is 10.2. The summed E-state index contributed by atoms with van der Waals surface area (Å²) in [4.78, 5) is 12.8. The molecule has 1 amide bonds. The average Bonchev–Trinajstić information content (AvgIpc) is 2.64. The summed E-state index contributed by atoms with van der Waals surface area (Å²) in [5.41, 5.74) is 0.0736. The van der Waals surface area contributed by atoms with Gasteiger partial charge in [-0.2, -0.15) is 0 Å². The summed E-state index contributed by atoms with van der Waals surface area (Å²) in [6.07, 6.45) is 0.834. The minimum Gasteiger partial charge on any atom is -0.493 e. The fourth-order valence-corrected chi connectivity index (χ4v) is 4.62. The van der Waals surface area contributed by atoms with Crippen LogP contribution in [0.15, 0.2) is 45.8 Å². The Hall–Kier alpha value is -2.10. The lowest BCUT2D eigenvalue weighted by Crippen LogP contribution is -2.40. The topological polar surface area (TPSA) is 93.7 Å². The van der Waals surface area contributed by atoms with E-state index in [1.807, 2.05) is 6.92 Å². The lowest BCUT2D eigenvalue weighted by atomic mass is 10.1. The lowest BCUT2D eigenvalue weighted by molar-refractivity contribution is 0.102. The summed E-state index contributed by atoms with van der Waals surface area (Å²) in [7, 11) is -2.22. The van der Waals surface area contributed by atoms with Crippen LogP contribution in [0.25, 0.3) is 0 Å². The maximum Gasteiger partial charge on any atom is 0.255 e. The number of carbonyl (C=O) groups excluding carboxylic acids is 1. The van der Waals surface area contributed by atoms with Gasteiger partial charge >= 0.3 is 0 Å². The van der Waals surface area contributed by atoms with Gasteiger partial charge in [0, 0.05) is 16.8 Å². The van der Waals surface area contributed by atoms with Crippen LogP contribution in [0, 0.1) is 0 Å². The average molecular weight is 499 g/mol.